The molecule has 0 atom stereocenters. The number of primary amides is 1. The van der Waals surface area contributed by atoms with Gasteiger partial charge in [-0.15, -0.1) is 24.0 Å². The van der Waals surface area contributed by atoms with Crippen LogP contribution in [0.25, 0.3) is 0 Å². The zero-order valence-corrected chi connectivity index (χ0v) is 17.6. The van der Waals surface area contributed by atoms with Crippen LogP contribution in [-0.2, 0) is 19.5 Å². The second-order valence-electron chi connectivity index (χ2n) is 5.73. The summed E-state index contributed by atoms with van der Waals surface area (Å²) >= 11 is 0. The van der Waals surface area contributed by atoms with Crippen LogP contribution in [0, 0.1) is 0 Å². The summed E-state index contributed by atoms with van der Waals surface area (Å²) < 4.78 is 0. The minimum absolute atomic E-state index is 0. The average Bonchev–Trinajstić information content (AvgIpc) is 2.64. The van der Waals surface area contributed by atoms with E-state index in [1.165, 1.54) is 11.1 Å². The van der Waals surface area contributed by atoms with Crippen LogP contribution in [-0.4, -0.2) is 18.4 Å². The van der Waals surface area contributed by atoms with E-state index in [0.29, 0.717) is 12.1 Å². The summed E-state index contributed by atoms with van der Waals surface area (Å²) in [6, 6.07) is 15.6. The van der Waals surface area contributed by atoms with Crippen molar-refractivity contribution < 1.29 is 4.79 Å². The lowest BCUT2D eigenvalue weighted by atomic mass is 10.1. The first-order valence-electron chi connectivity index (χ1n) is 8.61. The number of nitrogens with one attached hydrogen (secondary N) is 2. The van der Waals surface area contributed by atoms with Crippen molar-refractivity contribution in [2.24, 2.45) is 10.7 Å². The Balaban J connectivity index is 0.00000338. The van der Waals surface area contributed by atoms with Gasteiger partial charge in [0.05, 0.1) is 6.54 Å². The van der Waals surface area contributed by atoms with E-state index in [0.717, 1.165) is 31.0 Å². The Hall–Kier alpha value is -2.09. The van der Waals surface area contributed by atoms with E-state index >= 15 is 0 Å². The van der Waals surface area contributed by atoms with Gasteiger partial charge in [0.15, 0.2) is 5.96 Å². The molecule has 0 fully saturated rings. The van der Waals surface area contributed by atoms with Gasteiger partial charge in [-0.25, -0.2) is 4.99 Å². The predicted molar refractivity (Wildman–Crippen MR) is 118 cm³/mol. The molecule has 0 aliphatic rings. The van der Waals surface area contributed by atoms with Crippen LogP contribution >= 0.6 is 24.0 Å². The van der Waals surface area contributed by atoms with Crippen LogP contribution in [0.1, 0.15) is 40.9 Å². The molecule has 0 radical (unpaired) electrons. The minimum Gasteiger partial charge on any atom is -0.366 e. The fourth-order valence-electron chi connectivity index (χ4n) is 2.54. The van der Waals surface area contributed by atoms with Crippen molar-refractivity contribution in [3.05, 3.63) is 70.8 Å². The fraction of sp³-hybridized carbons (Fsp3) is 0.300. The molecule has 0 unspecified atom stereocenters. The standard InChI is InChI=1S/C20H26N4O.HI/c1-3-16-7-5-6-8-18(16)14-24-20(22-4-2)23-13-15-9-11-17(12-10-15)19(21)25;/h5-12H,3-4,13-14H2,1-2H3,(H2,21,25)(H2,22,23,24);1H. The monoisotopic (exact) mass is 466 g/mol. The third-order valence-corrected chi connectivity index (χ3v) is 3.95. The number of nitrogens with zero attached hydrogens (tertiary/aromatic N) is 1. The zero-order valence-electron chi connectivity index (χ0n) is 15.3. The zero-order chi connectivity index (χ0) is 18.1. The van der Waals surface area contributed by atoms with E-state index in [9.17, 15) is 4.79 Å². The van der Waals surface area contributed by atoms with Crippen LogP contribution in [0.15, 0.2) is 53.5 Å². The summed E-state index contributed by atoms with van der Waals surface area (Å²) in [5.74, 6) is 0.354. The Labute approximate surface area is 172 Å². The van der Waals surface area contributed by atoms with E-state index in [1.54, 1.807) is 12.1 Å². The number of hydrogen-bond acceptors (Lipinski definition) is 2. The number of rotatable bonds is 7. The summed E-state index contributed by atoms with van der Waals surface area (Å²) in [4.78, 5) is 15.7. The van der Waals surface area contributed by atoms with E-state index in [4.69, 9.17) is 5.73 Å². The lowest BCUT2D eigenvalue weighted by molar-refractivity contribution is 0.100. The highest BCUT2D eigenvalue weighted by Gasteiger charge is 2.03. The Kier molecular flexibility index (Phi) is 9.72. The number of aryl methyl sites for hydroxylation is 1. The number of guanidine groups is 1. The molecule has 4 N–H and O–H groups in total. The molecule has 0 heterocycles. The lowest BCUT2D eigenvalue weighted by Crippen LogP contribution is -2.37. The molecule has 26 heavy (non-hydrogen) atoms. The van der Waals surface area contributed by atoms with Crippen molar-refractivity contribution in [3.8, 4) is 0 Å². The molecule has 2 rings (SSSR count). The predicted octanol–water partition coefficient (Wildman–Crippen LogP) is 3.22. The first-order chi connectivity index (χ1) is 12.1. The third-order valence-electron chi connectivity index (χ3n) is 3.95. The number of carbonyl (C=O) groups is 1. The Bertz CT molecular complexity index is 729. The largest absolute Gasteiger partial charge is 0.366 e. The third kappa shape index (κ3) is 6.67. The quantitative estimate of drug-likeness (QED) is 0.333. The van der Waals surface area contributed by atoms with Crippen molar-refractivity contribution in [3.63, 3.8) is 0 Å². The molecule has 0 saturated heterocycles. The molecule has 140 valence electrons. The van der Waals surface area contributed by atoms with Gasteiger partial charge in [0, 0.05) is 18.7 Å². The minimum atomic E-state index is -0.417. The normalized spacial score (nSPS) is 10.8. The van der Waals surface area contributed by atoms with Gasteiger partial charge in [-0.1, -0.05) is 43.3 Å². The Morgan fingerprint density at radius 3 is 2.23 bits per heavy atom. The first kappa shape index (κ1) is 22.0. The molecule has 5 nitrogen and oxygen atoms in total. The number of nitrogens with two attached hydrogens (primary N) is 1. The van der Waals surface area contributed by atoms with Crippen molar-refractivity contribution in [2.75, 3.05) is 6.54 Å². The number of carbonyl (C=O) groups excluding carboxylic acids is 1. The second-order valence-corrected chi connectivity index (χ2v) is 5.73. The molecule has 0 bridgehead atoms. The van der Waals surface area contributed by atoms with Crippen LogP contribution < -0.4 is 16.4 Å². The molecular formula is C20H27IN4O. The van der Waals surface area contributed by atoms with E-state index < -0.39 is 5.91 Å². The number of hydrogen-bond donors (Lipinski definition) is 3. The number of halogens is 1. The lowest BCUT2D eigenvalue weighted by Gasteiger charge is -2.13. The molecule has 2 aromatic carbocycles. The summed E-state index contributed by atoms with van der Waals surface area (Å²) in [6.07, 6.45) is 1.01. The molecule has 2 aromatic rings. The molecule has 0 saturated carbocycles. The van der Waals surface area contributed by atoms with E-state index in [2.05, 4.69) is 46.8 Å². The highest BCUT2D eigenvalue weighted by Crippen LogP contribution is 2.09. The molecule has 0 aromatic heterocycles. The maximum atomic E-state index is 11.1. The van der Waals surface area contributed by atoms with Crippen LogP contribution in [0.3, 0.4) is 0 Å². The smallest absolute Gasteiger partial charge is 0.248 e. The van der Waals surface area contributed by atoms with Gasteiger partial charge in [-0.05, 0) is 42.2 Å². The maximum Gasteiger partial charge on any atom is 0.248 e. The average molecular weight is 466 g/mol. The van der Waals surface area contributed by atoms with Crippen molar-refractivity contribution in [2.45, 2.75) is 33.4 Å². The molecule has 6 heteroatoms. The van der Waals surface area contributed by atoms with Gasteiger partial charge in [-0.2, -0.15) is 0 Å². The van der Waals surface area contributed by atoms with Crippen molar-refractivity contribution in [1.29, 1.82) is 0 Å². The van der Waals surface area contributed by atoms with Crippen molar-refractivity contribution in [1.82, 2.24) is 10.6 Å². The summed E-state index contributed by atoms with van der Waals surface area (Å²) in [7, 11) is 0. The molecular weight excluding hydrogens is 439 g/mol. The van der Waals surface area contributed by atoms with Gasteiger partial charge in [0.25, 0.3) is 0 Å². The Morgan fingerprint density at radius 2 is 1.65 bits per heavy atom. The Morgan fingerprint density at radius 1 is 1.00 bits per heavy atom. The van der Waals surface area contributed by atoms with E-state index in [1.807, 2.05) is 19.1 Å². The van der Waals surface area contributed by atoms with Gasteiger partial charge >= 0.3 is 0 Å². The topological polar surface area (TPSA) is 79.5 Å². The summed E-state index contributed by atoms with van der Waals surface area (Å²) in [6.45, 7) is 6.26. The molecule has 1 amide bonds. The maximum absolute atomic E-state index is 11.1. The van der Waals surface area contributed by atoms with Crippen LogP contribution in [0.4, 0.5) is 0 Å². The summed E-state index contributed by atoms with van der Waals surface area (Å²) in [5.41, 5.74) is 9.41. The SMILES string of the molecule is CCNC(=NCc1ccc(C(N)=O)cc1)NCc1ccccc1CC.I. The number of benzene rings is 2. The fourth-order valence-corrected chi connectivity index (χ4v) is 2.54. The van der Waals surface area contributed by atoms with Gasteiger partial charge < -0.3 is 16.4 Å². The number of aliphatic imine (C=N–C) groups is 1. The first-order valence-corrected chi connectivity index (χ1v) is 8.61. The van der Waals surface area contributed by atoms with E-state index in [-0.39, 0.29) is 24.0 Å². The van der Waals surface area contributed by atoms with Gasteiger partial charge in [-0.3, -0.25) is 4.79 Å². The second kappa shape index (κ2) is 11.5. The molecule has 0 aliphatic carbocycles. The molecule has 0 spiro atoms. The summed E-state index contributed by atoms with van der Waals surface area (Å²) in [5, 5.41) is 6.63. The van der Waals surface area contributed by atoms with Crippen LogP contribution in [0.2, 0.25) is 0 Å². The molecule has 0 aliphatic heterocycles. The van der Waals surface area contributed by atoms with Gasteiger partial charge in [0.2, 0.25) is 5.91 Å². The van der Waals surface area contributed by atoms with Gasteiger partial charge in [0.1, 0.15) is 0 Å². The highest BCUT2D eigenvalue weighted by atomic mass is 127. The van der Waals surface area contributed by atoms with Crippen molar-refractivity contribution >= 4 is 35.8 Å². The highest BCUT2D eigenvalue weighted by molar-refractivity contribution is 14.0. The van der Waals surface area contributed by atoms with Crippen LogP contribution in [0.5, 0.6) is 0 Å². The number of amides is 1.